The zero-order valence-corrected chi connectivity index (χ0v) is 14.9. The van der Waals surface area contributed by atoms with E-state index in [-0.39, 0.29) is 34.9 Å². The highest BCUT2D eigenvalue weighted by atomic mass is 16.3. The Morgan fingerprint density at radius 3 is 2.74 bits per heavy atom. The largest absolute Gasteiger partial charge is 0.507 e. The molecule has 3 N–H and O–H groups in total. The second-order valence-corrected chi connectivity index (χ2v) is 6.45. The van der Waals surface area contributed by atoms with Crippen LogP contribution in [0.4, 0.5) is 5.69 Å². The van der Waals surface area contributed by atoms with Crippen molar-refractivity contribution in [3.63, 3.8) is 0 Å². The van der Waals surface area contributed by atoms with Gasteiger partial charge in [-0.2, -0.15) is 0 Å². The van der Waals surface area contributed by atoms with Crippen LogP contribution in [0.3, 0.4) is 0 Å². The maximum absolute atomic E-state index is 12.5. The van der Waals surface area contributed by atoms with Crippen molar-refractivity contribution >= 4 is 23.4 Å². The monoisotopic (exact) mass is 371 g/mol. The molecule has 1 aliphatic heterocycles. The molecule has 8 heteroatoms. The SMILES string of the molecule is CC(=O)Nc1ccc(C(=O)NC2CCCN(C(=O)c3ccco3)C2)c(O)c1. The van der Waals surface area contributed by atoms with Gasteiger partial charge in [-0.05, 0) is 37.1 Å². The summed E-state index contributed by atoms with van der Waals surface area (Å²) in [5.41, 5.74) is 0.517. The molecule has 0 saturated carbocycles. The van der Waals surface area contributed by atoms with E-state index in [4.69, 9.17) is 4.42 Å². The zero-order chi connectivity index (χ0) is 19.4. The van der Waals surface area contributed by atoms with Gasteiger partial charge in [0.15, 0.2) is 5.76 Å². The Kier molecular flexibility index (Phi) is 5.44. The average Bonchev–Trinajstić information content (AvgIpc) is 3.15. The van der Waals surface area contributed by atoms with Gasteiger partial charge in [0, 0.05) is 37.8 Å². The van der Waals surface area contributed by atoms with Crippen LogP contribution in [0, 0.1) is 0 Å². The van der Waals surface area contributed by atoms with Crippen molar-refractivity contribution in [3.05, 3.63) is 47.9 Å². The van der Waals surface area contributed by atoms with Crippen LogP contribution in [-0.4, -0.2) is 46.9 Å². The second kappa shape index (κ2) is 7.94. The predicted octanol–water partition coefficient (Wildman–Crippen LogP) is 1.98. The summed E-state index contributed by atoms with van der Waals surface area (Å²) >= 11 is 0. The molecule has 142 valence electrons. The third kappa shape index (κ3) is 4.46. The Labute approximate surface area is 156 Å². The van der Waals surface area contributed by atoms with Crippen molar-refractivity contribution in [2.24, 2.45) is 0 Å². The Hall–Kier alpha value is -3.29. The minimum absolute atomic E-state index is 0.110. The molecule has 0 aliphatic carbocycles. The second-order valence-electron chi connectivity index (χ2n) is 6.45. The van der Waals surface area contributed by atoms with Crippen LogP contribution in [-0.2, 0) is 4.79 Å². The van der Waals surface area contributed by atoms with Gasteiger partial charge in [0.2, 0.25) is 5.91 Å². The summed E-state index contributed by atoms with van der Waals surface area (Å²) in [6.07, 6.45) is 2.94. The first-order valence-corrected chi connectivity index (χ1v) is 8.68. The fourth-order valence-electron chi connectivity index (χ4n) is 3.10. The van der Waals surface area contributed by atoms with Crippen molar-refractivity contribution in [3.8, 4) is 5.75 Å². The number of benzene rings is 1. The highest BCUT2D eigenvalue weighted by molar-refractivity contribution is 5.98. The van der Waals surface area contributed by atoms with Crippen LogP contribution in [0.2, 0.25) is 0 Å². The number of amides is 3. The number of aromatic hydroxyl groups is 1. The molecule has 8 nitrogen and oxygen atoms in total. The number of likely N-dealkylation sites (tertiary alicyclic amines) is 1. The molecule has 1 aromatic heterocycles. The van der Waals surface area contributed by atoms with E-state index in [1.807, 2.05) is 0 Å². The maximum atomic E-state index is 12.5. The number of nitrogens with one attached hydrogen (secondary N) is 2. The standard InChI is InChI=1S/C19H21N3O5/c1-12(23)20-13-6-7-15(16(24)10-13)18(25)21-14-4-2-8-22(11-14)19(26)17-5-3-9-27-17/h3,5-7,9-10,14,24H,2,4,8,11H2,1H3,(H,20,23)(H,21,25). The molecule has 3 amide bonds. The molecular weight excluding hydrogens is 350 g/mol. The van der Waals surface area contributed by atoms with E-state index in [1.54, 1.807) is 23.1 Å². The van der Waals surface area contributed by atoms with Gasteiger partial charge < -0.3 is 25.1 Å². The Morgan fingerprint density at radius 1 is 1.26 bits per heavy atom. The van der Waals surface area contributed by atoms with E-state index in [1.165, 1.54) is 25.3 Å². The van der Waals surface area contributed by atoms with Crippen LogP contribution in [0.15, 0.2) is 41.0 Å². The number of phenols is 1. The first-order valence-electron chi connectivity index (χ1n) is 8.68. The number of nitrogens with zero attached hydrogens (tertiary/aromatic N) is 1. The topological polar surface area (TPSA) is 112 Å². The number of piperidine rings is 1. The first kappa shape index (κ1) is 18.5. The summed E-state index contributed by atoms with van der Waals surface area (Å²) < 4.78 is 5.15. The van der Waals surface area contributed by atoms with Gasteiger partial charge in [-0.3, -0.25) is 14.4 Å². The fraction of sp³-hybridized carbons (Fsp3) is 0.316. The molecule has 0 bridgehead atoms. The Bertz CT molecular complexity index is 847. The molecule has 1 fully saturated rings. The summed E-state index contributed by atoms with van der Waals surface area (Å²) in [5.74, 6) is -0.859. The van der Waals surface area contributed by atoms with Crippen molar-refractivity contribution in [2.75, 3.05) is 18.4 Å². The molecule has 1 aliphatic rings. The quantitative estimate of drug-likeness (QED) is 0.761. The minimum atomic E-state index is -0.431. The summed E-state index contributed by atoms with van der Waals surface area (Å²) in [5, 5.41) is 15.5. The van der Waals surface area contributed by atoms with Crippen LogP contribution in [0.1, 0.15) is 40.7 Å². The molecule has 1 atom stereocenters. The number of carbonyl (C=O) groups is 3. The Balaban J connectivity index is 1.63. The summed E-state index contributed by atoms with van der Waals surface area (Å²) in [6.45, 7) is 2.33. The van der Waals surface area contributed by atoms with Crippen LogP contribution in [0.5, 0.6) is 5.75 Å². The van der Waals surface area contributed by atoms with Gasteiger partial charge in [-0.25, -0.2) is 0 Å². The van der Waals surface area contributed by atoms with Crippen LogP contribution < -0.4 is 10.6 Å². The highest BCUT2D eigenvalue weighted by Crippen LogP contribution is 2.23. The van der Waals surface area contributed by atoms with E-state index >= 15 is 0 Å². The zero-order valence-electron chi connectivity index (χ0n) is 14.9. The molecule has 1 unspecified atom stereocenters. The van der Waals surface area contributed by atoms with E-state index in [2.05, 4.69) is 10.6 Å². The van der Waals surface area contributed by atoms with E-state index < -0.39 is 5.91 Å². The lowest BCUT2D eigenvalue weighted by molar-refractivity contribution is -0.114. The lowest BCUT2D eigenvalue weighted by Gasteiger charge is -2.32. The number of carbonyl (C=O) groups excluding carboxylic acids is 3. The first-order chi connectivity index (χ1) is 12.9. The Morgan fingerprint density at radius 2 is 2.07 bits per heavy atom. The summed E-state index contributed by atoms with van der Waals surface area (Å²) in [4.78, 5) is 37.6. The average molecular weight is 371 g/mol. The van der Waals surface area contributed by atoms with Crippen molar-refractivity contribution < 1.29 is 23.9 Å². The van der Waals surface area contributed by atoms with Gasteiger partial charge in [-0.1, -0.05) is 0 Å². The predicted molar refractivity (Wildman–Crippen MR) is 97.5 cm³/mol. The van der Waals surface area contributed by atoms with Gasteiger partial charge in [0.05, 0.1) is 11.8 Å². The van der Waals surface area contributed by atoms with Crippen molar-refractivity contribution in [2.45, 2.75) is 25.8 Å². The summed E-state index contributed by atoms with van der Waals surface area (Å²) in [7, 11) is 0. The third-order valence-corrected chi connectivity index (χ3v) is 4.34. The summed E-state index contributed by atoms with van der Waals surface area (Å²) in [6, 6.07) is 7.36. The van der Waals surface area contributed by atoms with E-state index in [9.17, 15) is 19.5 Å². The number of phenolic OH excluding ortho intramolecular Hbond substituents is 1. The minimum Gasteiger partial charge on any atom is -0.507 e. The smallest absolute Gasteiger partial charge is 0.289 e. The van der Waals surface area contributed by atoms with Crippen LogP contribution in [0.25, 0.3) is 0 Å². The van der Waals surface area contributed by atoms with Gasteiger partial charge in [0.1, 0.15) is 5.75 Å². The van der Waals surface area contributed by atoms with E-state index in [0.717, 1.165) is 12.8 Å². The van der Waals surface area contributed by atoms with Gasteiger partial charge >= 0.3 is 0 Å². The lowest BCUT2D eigenvalue weighted by atomic mass is 10.0. The van der Waals surface area contributed by atoms with Gasteiger partial charge in [0.25, 0.3) is 11.8 Å². The van der Waals surface area contributed by atoms with E-state index in [0.29, 0.717) is 18.8 Å². The number of anilines is 1. The normalized spacial score (nSPS) is 16.6. The molecule has 1 saturated heterocycles. The fourth-order valence-corrected chi connectivity index (χ4v) is 3.10. The molecule has 0 radical (unpaired) electrons. The van der Waals surface area contributed by atoms with Crippen LogP contribution >= 0.6 is 0 Å². The molecule has 1 aromatic carbocycles. The molecular formula is C19H21N3O5. The van der Waals surface area contributed by atoms with Gasteiger partial charge in [-0.15, -0.1) is 0 Å². The third-order valence-electron chi connectivity index (χ3n) is 4.34. The number of rotatable bonds is 4. The number of furan rings is 1. The number of hydrogen-bond acceptors (Lipinski definition) is 5. The maximum Gasteiger partial charge on any atom is 0.289 e. The molecule has 27 heavy (non-hydrogen) atoms. The highest BCUT2D eigenvalue weighted by Gasteiger charge is 2.27. The number of hydrogen-bond donors (Lipinski definition) is 3. The van der Waals surface area contributed by atoms with Crippen molar-refractivity contribution in [1.82, 2.24) is 10.2 Å². The lowest BCUT2D eigenvalue weighted by Crippen LogP contribution is -2.49. The molecule has 3 rings (SSSR count). The van der Waals surface area contributed by atoms with Crippen molar-refractivity contribution in [1.29, 1.82) is 0 Å². The molecule has 2 heterocycles. The molecule has 2 aromatic rings. The molecule has 0 spiro atoms.